The molecule has 3 aromatic rings. The number of carbonyl (C=O) groups is 1. The van der Waals surface area contributed by atoms with Gasteiger partial charge in [-0.05, 0) is 62.2 Å². The monoisotopic (exact) mass is 453 g/mol. The Morgan fingerprint density at radius 3 is 2.52 bits per heavy atom. The van der Waals surface area contributed by atoms with Gasteiger partial charge in [0.2, 0.25) is 0 Å². The summed E-state index contributed by atoms with van der Waals surface area (Å²) in [6.07, 6.45) is 4.85. The van der Waals surface area contributed by atoms with E-state index in [4.69, 9.17) is 16.3 Å². The minimum Gasteiger partial charge on any atom is -0.459 e. The van der Waals surface area contributed by atoms with Crippen molar-refractivity contribution in [2.45, 2.75) is 32.9 Å². The molecule has 0 saturated carbocycles. The van der Waals surface area contributed by atoms with Gasteiger partial charge in [-0.2, -0.15) is 0 Å². The number of rotatable bonds is 4. The van der Waals surface area contributed by atoms with E-state index < -0.39 is 12.0 Å². The normalized spacial score (nSPS) is 16.3. The van der Waals surface area contributed by atoms with Gasteiger partial charge in [0.05, 0.1) is 27.9 Å². The molecule has 4 rings (SSSR count). The number of fused-ring (bicyclic) bond motifs is 1. The molecule has 1 aliphatic heterocycles. The number of benzene rings is 1. The Labute approximate surface area is 187 Å². The van der Waals surface area contributed by atoms with Crippen molar-refractivity contribution in [2.75, 3.05) is 0 Å². The molecule has 6 nitrogen and oxygen atoms in total. The van der Waals surface area contributed by atoms with E-state index in [0.717, 1.165) is 11.1 Å². The predicted octanol–water partition coefficient (Wildman–Crippen LogP) is 3.24. The van der Waals surface area contributed by atoms with Crippen LogP contribution in [0.25, 0.3) is 6.08 Å². The van der Waals surface area contributed by atoms with Crippen LogP contribution in [0.5, 0.6) is 0 Å². The van der Waals surface area contributed by atoms with Crippen molar-refractivity contribution in [3.05, 3.63) is 95.9 Å². The van der Waals surface area contributed by atoms with E-state index in [9.17, 15) is 9.59 Å². The molecule has 158 valence electrons. The van der Waals surface area contributed by atoms with Crippen LogP contribution in [-0.4, -0.2) is 21.6 Å². The SMILES string of the molecule is CC1=C(C(=O)OC(C)C)C(c2ccc(Cl)cc2)n2c(sc(=Cc3ccncc3)c2=O)=N1. The first-order valence-corrected chi connectivity index (χ1v) is 10.9. The zero-order valence-electron chi connectivity index (χ0n) is 17.2. The van der Waals surface area contributed by atoms with Crippen molar-refractivity contribution >= 4 is 35.0 Å². The minimum absolute atomic E-state index is 0.220. The summed E-state index contributed by atoms with van der Waals surface area (Å²) in [6.45, 7) is 5.34. The molecule has 8 heteroatoms. The summed E-state index contributed by atoms with van der Waals surface area (Å²) in [6, 6.07) is 10.1. The summed E-state index contributed by atoms with van der Waals surface area (Å²) in [5.74, 6) is -0.486. The summed E-state index contributed by atoms with van der Waals surface area (Å²) < 4.78 is 7.57. The predicted molar refractivity (Wildman–Crippen MR) is 121 cm³/mol. The first-order valence-electron chi connectivity index (χ1n) is 9.74. The number of halogens is 1. The van der Waals surface area contributed by atoms with Gasteiger partial charge in [-0.1, -0.05) is 35.1 Å². The Morgan fingerprint density at radius 2 is 1.87 bits per heavy atom. The molecule has 0 bridgehead atoms. The van der Waals surface area contributed by atoms with Gasteiger partial charge in [0.25, 0.3) is 5.56 Å². The van der Waals surface area contributed by atoms with E-state index >= 15 is 0 Å². The highest BCUT2D eigenvalue weighted by Gasteiger charge is 2.33. The maximum Gasteiger partial charge on any atom is 0.338 e. The fourth-order valence-corrected chi connectivity index (χ4v) is 4.60. The molecule has 0 fully saturated rings. The fourth-order valence-electron chi connectivity index (χ4n) is 3.43. The smallest absolute Gasteiger partial charge is 0.338 e. The molecule has 3 heterocycles. The first kappa shape index (κ1) is 21.2. The van der Waals surface area contributed by atoms with Crippen molar-refractivity contribution < 1.29 is 9.53 Å². The summed E-state index contributed by atoms with van der Waals surface area (Å²) >= 11 is 7.36. The minimum atomic E-state index is -0.653. The number of aromatic nitrogens is 2. The van der Waals surface area contributed by atoms with Gasteiger partial charge in [0.1, 0.15) is 0 Å². The summed E-state index contributed by atoms with van der Waals surface area (Å²) in [7, 11) is 0. The Morgan fingerprint density at radius 1 is 1.19 bits per heavy atom. The molecule has 0 spiro atoms. The second kappa shape index (κ2) is 8.61. The van der Waals surface area contributed by atoms with Crippen LogP contribution in [0.4, 0.5) is 0 Å². The topological polar surface area (TPSA) is 73.6 Å². The standard InChI is InChI=1S/C23H20ClN3O3S/c1-13(2)30-22(29)19-14(3)26-23-27(20(19)16-4-6-17(24)7-5-16)21(28)18(31-23)12-15-8-10-25-11-9-15/h4-13,20H,1-3H3. The third-order valence-corrected chi connectivity index (χ3v) is 6.01. The molecule has 1 unspecified atom stereocenters. The molecule has 1 atom stereocenters. The number of hydrogen-bond acceptors (Lipinski definition) is 6. The maximum absolute atomic E-state index is 13.4. The molecule has 1 aromatic carbocycles. The van der Waals surface area contributed by atoms with Gasteiger partial charge in [-0.3, -0.25) is 14.3 Å². The highest BCUT2D eigenvalue weighted by Crippen LogP contribution is 2.31. The number of ether oxygens (including phenoxy) is 1. The first-order chi connectivity index (χ1) is 14.8. The molecule has 0 amide bonds. The average molecular weight is 454 g/mol. The van der Waals surface area contributed by atoms with Crippen LogP contribution in [0.3, 0.4) is 0 Å². The van der Waals surface area contributed by atoms with E-state index in [1.807, 2.05) is 24.3 Å². The molecule has 2 aromatic heterocycles. The number of allylic oxidation sites excluding steroid dienone is 1. The van der Waals surface area contributed by atoms with Gasteiger partial charge in [0, 0.05) is 17.4 Å². The van der Waals surface area contributed by atoms with E-state index in [1.165, 1.54) is 11.3 Å². The Bertz CT molecular complexity index is 1340. The molecular formula is C23H20ClN3O3S. The fraction of sp³-hybridized carbons (Fsp3) is 0.217. The summed E-state index contributed by atoms with van der Waals surface area (Å²) in [4.78, 5) is 35.5. The van der Waals surface area contributed by atoms with Gasteiger partial charge in [-0.25, -0.2) is 9.79 Å². The van der Waals surface area contributed by atoms with E-state index in [0.29, 0.717) is 25.6 Å². The largest absolute Gasteiger partial charge is 0.459 e. The highest BCUT2D eigenvalue weighted by atomic mass is 35.5. The van der Waals surface area contributed by atoms with Crippen molar-refractivity contribution in [1.29, 1.82) is 0 Å². The Hall–Kier alpha value is -3.03. The van der Waals surface area contributed by atoms with E-state index in [1.54, 1.807) is 55.9 Å². The lowest BCUT2D eigenvalue weighted by Gasteiger charge is -2.25. The van der Waals surface area contributed by atoms with Crippen molar-refractivity contribution in [2.24, 2.45) is 4.99 Å². The zero-order valence-corrected chi connectivity index (χ0v) is 18.8. The quantitative estimate of drug-likeness (QED) is 0.568. The number of thiazole rings is 1. The number of nitrogens with zero attached hydrogens (tertiary/aromatic N) is 3. The second-order valence-electron chi connectivity index (χ2n) is 7.37. The number of pyridine rings is 1. The lowest BCUT2D eigenvalue weighted by Crippen LogP contribution is -2.40. The van der Waals surface area contributed by atoms with Crippen molar-refractivity contribution in [3.8, 4) is 0 Å². The third kappa shape index (κ3) is 4.24. The van der Waals surface area contributed by atoms with Gasteiger partial charge in [-0.15, -0.1) is 0 Å². The second-order valence-corrected chi connectivity index (χ2v) is 8.81. The van der Waals surface area contributed by atoms with Gasteiger partial charge < -0.3 is 4.74 Å². The van der Waals surface area contributed by atoms with E-state index in [2.05, 4.69) is 9.98 Å². The lowest BCUT2D eigenvalue weighted by atomic mass is 9.96. The van der Waals surface area contributed by atoms with Crippen LogP contribution < -0.4 is 14.9 Å². The molecule has 0 saturated heterocycles. The van der Waals surface area contributed by atoms with Crippen molar-refractivity contribution in [3.63, 3.8) is 0 Å². The molecule has 1 aliphatic rings. The van der Waals surface area contributed by atoms with Gasteiger partial charge >= 0.3 is 5.97 Å². The van der Waals surface area contributed by atoms with Crippen LogP contribution >= 0.6 is 22.9 Å². The molecule has 0 radical (unpaired) electrons. The molecular weight excluding hydrogens is 434 g/mol. The zero-order chi connectivity index (χ0) is 22.1. The average Bonchev–Trinajstić information content (AvgIpc) is 3.02. The molecule has 0 N–H and O–H groups in total. The molecule has 31 heavy (non-hydrogen) atoms. The number of esters is 1. The molecule has 0 aliphatic carbocycles. The third-order valence-electron chi connectivity index (χ3n) is 4.77. The lowest BCUT2D eigenvalue weighted by molar-refractivity contribution is -0.143. The maximum atomic E-state index is 13.4. The summed E-state index contributed by atoms with van der Waals surface area (Å²) in [5.41, 5.74) is 2.27. The van der Waals surface area contributed by atoms with Crippen LogP contribution in [0.15, 0.2) is 69.8 Å². The Balaban J connectivity index is 1.95. The number of carbonyl (C=O) groups excluding carboxylic acids is 1. The summed E-state index contributed by atoms with van der Waals surface area (Å²) in [5, 5.41) is 0.570. The van der Waals surface area contributed by atoms with Gasteiger partial charge in [0.15, 0.2) is 4.80 Å². The van der Waals surface area contributed by atoms with Crippen LogP contribution in [0.2, 0.25) is 5.02 Å². The Kier molecular flexibility index (Phi) is 5.89. The van der Waals surface area contributed by atoms with Crippen LogP contribution in [0.1, 0.15) is 37.9 Å². The van der Waals surface area contributed by atoms with Crippen LogP contribution in [0, 0.1) is 0 Å². The number of hydrogen-bond donors (Lipinski definition) is 0. The highest BCUT2D eigenvalue weighted by molar-refractivity contribution is 7.07. The van der Waals surface area contributed by atoms with E-state index in [-0.39, 0.29) is 11.7 Å². The van der Waals surface area contributed by atoms with Crippen molar-refractivity contribution in [1.82, 2.24) is 9.55 Å². The van der Waals surface area contributed by atoms with Crippen LogP contribution in [-0.2, 0) is 9.53 Å².